The molecule has 3 fully saturated rings. The van der Waals surface area contributed by atoms with E-state index in [1.807, 2.05) is 6.08 Å². The van der Waals surface area contributed by atoms with Gasteiger partial charge < -0.3 is 89.9 Å². The van der Waals surface area contributed by atoms with E-state index in [1.165, 1.54) is 38.5 Å². The zero-order chi connectivity index (χ0) is 61.9. The smallest absolute Gasteiger partial charge is 0.220 e. The van der Waals surface area contributed by atoms with Crippen LogP contribution in [0.3, 0.4) is 0 Å². The second kappa shape index (κ2) is 47.5. The highest BCUT2D eigenvalue weighted by Crippen LogP contribution is 2.33. The number of carbonyl (C=O) groups is 1. The fraction of sp³-hybridized carbons (Fsp3) is 0.712. The first-order valence-corrected chi connectivity index (χ1v) is 31.6. The Kier molecular flexibility index (Phi) is 42.3. The average molecular weight is 1200 g/mol. The Hall–Kier alpha value is -3.55. The van der Waals surface area contributed by atoms with Crippen LogP contribution in [0.5, 0.6) is 0 Å². The van der Waals surface area contributed by atoms with E-state index in [-0.39, 0.29) is 18.9 Å². The van der Waals surface area contributed by atoms with Gasteiger partial charge in [-0.2, -0.15) is 0 Å². The normalized spacial score (nSPS) is 29.7. The molecule has 0 spiro atoms. The quantitative estimate of drug-likeness (QED) is 0.0223. The van der Waals surface area contributed by atoms with E-state index in [1.54, 1.807) is 6.08 Å². The van der Waals surface area contributed by atoms with Gasteiger partial charge in [0.1, 0.15) is 73.2 Å². The second-order valence-electron chi connectivity index (χ2n) is 22.1. The molecular weight excluding hydrogens is 1090 g/mol. The summed E-state index contributed by atoms with van der Waals surface area (Å²) in [7, 11) is 0. The number of nitrogens with one attached hydrogen (secondary N) is 1. The lowest BCUT2D eigenvalue weighted by Gasteiger charge is -2.48. The molecule has 0 radical (unpaired) electrons. The number of allylic oxidation sites excluding steroid dienone is 17. The first-order chi connectivity index (χ1) is 41.3. The highest BCUT2D eigenvalue weighted by molar-refractivity contribution is 5.76. The Morgan fingerprint density at radius 2 is 0.812 bits per heavy atom. The van der Waals surface area contributed by atoms with E-state index in [0.29, 0.717) is 6.42 Å². The van der Waals surface area contributed by atoms with E-state index in [9.17, 15) is 61.0 Å². The molecule has 19 heteroatoms. The number of aliphatic hydroxyl groups excluding tert-OH is 11. The molecule has 0 aromatic carbocycles. The molecule has 85 heavy (non-hydrogen) atoms. The lowest BCUT2D eigenvalue weighted by molar-refractivity contribution is -0.379. The highest BCUT2D eigenvalue weighted by Gasteiger charge is 2.53. The zero-order valence-corrected chi connectivity index (χ0v) is 50.8. The fourth-order valence-corrected chi connectivity index (χ4v) is 9.91. The molecule has 0 aromatic rings. The van der Waals surface area contributed by atoms with Gasteiger partial charge in [-0.05, 0) is 83.5 Å². The second-order valence-corrected chi connectivity index (χ2v) is 22.1. The zero-order valence-electron chi connectivity index (χ0n) is 50.8. The van der Waals surface area contributed by atoms with Gasteiger partial charge in [-0.1, -0.05) is 187 Å². The van der Waals surface area contributed by atoms with E-state index < -0.39 is 124 Å². The summed E-state index contributed by atoms with van der Waals surface area (Å²) in [4.78, 5) is 13.3. The summed E-state index contributed by atoms with van der Waals surface area (Å²) in [5.41, 5.74) is 0. The van der Waals surface area contributed by atoms with Gasteiger partial charge in [0.2, 0.25) is 5.91 Å². The van der Waals surface area contributed by atoms with Crippen LogP contribution in [0, 0.1) is 0 Å². The van der Waals surface area contributed by atoms with Crippen molar-refractivity contribution in [3.05, 3.63) is 109 Å². The van der Waals surface area contributed by atoms with Crippen molar-refractivity contribution in [2.24, 2.45) is 0 Å². The molecule has 486 valence electrons. The van der Waals surface area contributed by atoms with Crippen LogP contribution in [0.15, 0.2) is 109 Å². The van der Waals surface area contributed by atoms with E-state index in [2.05, 4.69) is 116 Å². The molecule has 3 aliphatic heterocycles. The van der Waals surface area contributed by atoms with Gasteiger partial charge >= 0.3 is 0 Å². The Morgan fingerprint density at radius 3 is 1.27 bits per heavy atom. The van der Waals surface area contributed by atoms with Crippen LogP contribution in [0.2, 0.25) is 0 Å². The van der Waals surface area contributed by atoms with Crippen molar-refractivity contribution in [1.29, 1.82) is 0 Å². The van der Waals surface area contributed by atoms with Crippen LogP contribution in [-0.4, -0.2) is 193 Å². The minimum atomic E-state index is -1.99. The van der Waals surface area contributed by atoms with Crippen LogP contribution in [-0.2, 0) is 33.2 Å². The molecule has 3 saturated heterocycles. The molecule has 0 aliphatic carbocycles. The van der Waals surface area contributed by atoms with Crippen molar-refractivity contribution in [3.8, 4) is 0 Å². The number of rotatable bonds is 45. The van der Waals surface area contributed by atoms with Gasteiger partial charge in [-0.3, -0.25) is 4.79 Å². The van der Waals surface area contributed by atoms with Crippen LogP contribution < -0.4 is 5.32 Å². The van der Waals surface area contributed by atoms with Crippen molar-refractivity contribution >= 4 is 5.91 Å². The van der Waals surface area contributed by atoms with Gasteiger partial charge in [0.25, 0.3) is 0 Å². The topological polar surface area (TPSA) is 307 Å². The van der Waals surface area contributed by atoms with Gasteiger partial charge in [0.05, 0.1) is 38.6 Å². The number of amides is 1. The molecule has 0 saturated carbocycles. The largest absolute Gasteiger partial charge is 0.394 e. The maximum absolute atomic E-state index is 13.3. The molecule has 17 unspecified atom stereocenters. The van der Waals surface area contributed by atoms with Gasteiger partial charge in [0.15, 0.2) is 18.9 Å². The van der Waals surface area contributed by atoms with E-state index in [4.69, 9.17) is 28.4 Å². The predicted octanol–water partition coefficient (Wildman–Crippen LogP) is 6.71. The lowest BCUT2D eigenvalue weighted by Crippen LogP contribution is -2.66. The Morgan fingerprint density at radius 1 is 0.435 bits per heavy atom. The molecule has 1 amide bonds. The van der Waals surface area contributed by atoms with Crippen LogP contribution in [0.1, 0.15) is 168 Å². The third-order valence-electron chi connectivity index (χ3n) is 15.1. The fourth-order valence-electron chi connectivity index (χ4n) is 9.91. The van der Waals surface area contributed by atoms with Gasteiger partial charge in [-0.25, -0.2) is 0 Å². The maximum atomic E-state index is 13.3. The summed E-state index contributed by atoms with van der Waals surface area (Å²) in [6.07, 6.45) is 35.0. The summed E-state index contributed by atoms with van der Waals surface area (Å²) >= 11 is 0. The number of carbonyl (C=O) groups excluding carboxylic acids is 1. The van der Waals surface area contributed by atoms with Crippen molar-refractivity contribution in [2.45, 2.75) is 272 Å². The molecule has 3 rings (SSSR count). The number of hydrogen-bond donors (Lipinski definition) is 12. The maximum Gasteiger partial charge on any atom is 0.220 e. The van der Waals surface area contributed by atoms with Crippen LogP contribution >= 0.6 is 0 Å². The van der Waals surface area contributed by atoms with Gasteiger partial charge in [-0.15, -0.1) is 0 Å². The highest BCUT2D eigenvalue weighted by atomic mass is 16.8. The van der Waals surface area contributed by atoms with Crippen molar-refractivity contribution in [3.63, 3.8) is 0 Å². The van der Waals surface area contributed by atoms with Gasteiger partial charge in [0, 0.05) is 6.42 Å². The monoisotopic (exact) mass is 1200 g/mol. The third kappa shape index (κ3) is 30.5. The minimum Gasteiger partial charge on any atom is -0.394 e. The molecule has 0 aromatic heterocycles. The molecule has 12 N–H and O–H groups in total. The molecule has 3 aliphatic rings. The molecule has 19 nitrogen and oxygen atoms in total. The third-order valence-corrected chi connectivity index (χ3v) is 15.1. The number of unbranched alkanes of at least 4 members (excludes halogenated alkanes) is 13. The lowest BCUT2D eigenvalue weighted by atomic mass is 9.96. The molecule has 3 heterocycles. The Labute approximate surface area is 506 Å². The minimum absolute atomic E-state index is 0.206. The first-order valence-electron chi connectivity index (χ1n) is 31.6. The first kappa shape index (κ1) is 75.7. The van der Waals surface area contributed by atoms with Crippen molar-refractivity contribution in [2.75, 3.05) is 26.4 Å². The average Bonchev–Trinajstić information content (AvgIpc) is 3.05. The van der Waals surface area contributed by atoms with Crippen molar-refractivity contribution < 1.29 is 89.4 Å². The summed E-state index contributed by atoms with van der Waals surface area (Å²) in [6.45, 7) is 1.54. The summed E-state index contributed by atoms with van der Waals surface area (Å²) in [6, 6.07) is -0.994. The summed E-state index contributed by atoms with van der Waals surface area (Å²) in [5, 5.41) is 120. The van der Waals surface area contributed by atoms with E-state index in [0.717, 1.165) is 103 Å². The summed E-state index contributed by atoms with van der Waals surface area (Å²) < 4.78 is 34.2. The predicted molar refractivity (Wildman–Crippen MR) is 327 cm³/mol. The number of aliphatic hydroxyl groups is 11. The SMILES string of the molecule is CC/C=C\C/C=C\C/C=C\C/C=C\C/C=C\C/C=C\C/C=C\C/C=C\CCCCCCC(=O)NC(COC1OC(CO)C(OC2OC(CO)C(OC3OC(CO)C(O)C(O)C3O)C(O)C2O)C(O)C1O)C(O)/C=C/CCCCCCCCCCC. The van der Waals surface area contributed by atoms with Crippen molar-refractivity contribution in [1.82, 2.24) is 5.32 Å². The van der Waals surface area contributed by atoms with Crippen LogP contribution in [0.4, 0.5) is 0 Å². The Balaban J connectivity index is 1.44. The molecule has 17 atom stereocenters. The number of hydrogen-bond acceptors (Lipinski definition) is 18. The van der Waals surface area contributed by atoms with E-state index >= 15 is 0 Å². The molecule has 0 bridgehead atoms. The standard InChI is InChI=1S/C66H109NO18/c1-3-5-7-9-11-13-15-16-17-18-19-20-21-22-23-24-25-26-27-28-29-30-31-32-34-36-38-40-42-44-54(72)67-49(50(71)43-41-39-37-35-33-14-12-10-8-6-4-2)48-80-64-60(78)57(75)62(52(46-69)82-64)85-66-61(79)58(76)63(53(47-70)83-66)84-65-59(77)56(74)55(73)51(45-68)81-65/h5,7,11,13,16-17,19-20,22-23,25-26,28-29,31-32,41,43,49-53,55-66,68-71,73-79H,3-4,6,8-10,12,14-15,18,21,24,27,30,33-40,42,44-48H2,1-2H3,(H,67,72)/b7-5-,13-11-,17-16-,20-19-,23-22-,26-25-,29-28-,32-31-,43-41+. The molecular formula is C66H109NO18. The Bertz CT molecular complexity index is 1970. The number of ether oxygens (including phenoxy) is 6. The summed E-state index contributed by atoms with van der Waals surface area (Å²) in [5.74, 6) is -0.308. The van der Waals surface area contributed by atoms with Crippen LogP contribution in [0.25, 0.3) is 0 Å².